The molecule has 3 rings (SSSR count). The maximum absolute atomic E-state index is 13.1. The van der Waals surface area contributed by atoms with Crippen LogP contribution in [-0.2, 0) is 11.8 Å². The lowest BCUT2D eigenvalue weighted by Gasteiger charge is -2.20. The second-order valence-electron chi connectivity index (χ2n) is 5.25. The van der Waals surface area contributed by atoms with E-state index in [9.17, 15) is 9.18 Å². The predicted octanol–water partition coefficient (Wildman–Crippen LogP) is 3.83. The average Bonchev–Trinajstić information content (AvgIpc) is 3.25. The number of aromatic nitrogens is 3. The summed E-state index contributed by atoms with van der Waals surface area (Å²) in [5.74, 6) is 0.652. The Kier molecular flexibility index (Phi) is 5.50. The van der Waals surface area contributed by atoms with Crippen LogP contribution in [0.1, 0.15) is 6.92 Å². The van der Waals surface area contributed by atoms with Crippen molar-refractivity contribution in [3.8, 4) is 10.7 Å². The van der Waals surface area contributed by atoms with Crippen molar-refractivity contribution in [1.29, 1.82) is 0 Å². The summed E-state index contributed by atoms with van der Waals surface area (Å²) in [5.41, 5.74) is 0.687. The zero-order chi connectivity index (χ0) is 17.8. The first kappa shape index (κ1) is 17.6. The fourth-order valence-corrected chi connectivity index (χ4v) is 3.92. The molecule has 2 aromatic heterocycles. The highest BCUT2D eigenvalue weighted by molar-refractivity contribution is 7.99. The van der Waals surface area contributed by atoms with Crippen LogP contribution in [0.4, 0.5) is 10.1 Å². The standard InChI is InChI=1S/C17H17FN4OS2/c1-3-22(13-8-6-12(18)7-9-13)15(23)11-25-17-20-19-16(21(17)2)14-5-4-10-24-14/h4-10H,3,11H2,1-2H3. The molecule has 0 bridgehead atoms. The zero-order valence-electron chi connectivity index (χ0n) is 13.8. The maximum Gasteiger partial charge on any atom is 0.237 e. The van der Waals surface area contributed by atoms with E-state index in [1.807, 2.05) is 36.1 Å². The van der Waals surface area contributed by atoms with E-state index in [-0.39, 0.29) is 17.5 Å². The highest BCUT2D eigenvalue weighted by Crippen LogP contribution is 2.26. The van der Waals surface area contributed by atoms with E-state index in [0.717, 1.165) is 10.7 Å². The number of benzene rings is 1. The minimum Gasteiger partial charge on any atom is -0.312 e. The van der Waals surface area contributed by atoms with Gasteiger partial charge in [0, 0.05) is 19.3 Å². The Balaban J connectivity index is 1.68. The molecule has 0 aliphatic carbocycles. The van der Waals surface area contributed by atoms with E-state index in [1.165, 1.54) is 23.9 Å². The Hall–Kier alpha value is -2.19. The topological polar surface area (TPSA) is 51.0 Å². The summed E-state index contributed by atoms with van der Waals surface area (Å²) in [6, 6.07) is 9.88. The summed E-state index contributed by atoms with van der Waals surface area (Å²) >= 11 is 2.94. The number of carbonyl (C=O) groups excluding carboxylic acids is 1. The van der Waals surface area contributed by atoms with Gasteiger partial charge in [0.15, 0.2) is 11.0 Å². The Labute approximate surface area is 153 Å². The molecular weight excluding hydrogens is 359 g/mol. The molecule has 0 atom stereocenters. The van der Waals surface area contributed by atoms with Gasteiger partial charge in [0.05, 0.1) is 10.6 Å². The largest absolute Gasteiger partial charge is 0.312 e. The first-order valence-corrected chi connectivity index (χ1v) is 9.58. The molecule has 0 N–H and O–H groups in total. The van der Waals surface area contributed by atoms with Gasteiger partial charge in [-0.15, -0.1) is 21.5 Å². The number of anilines is 1. The molecule has 3 aromatic rings. The van der Waals surface area contributed by atoms with E-state index in [2.05, 4.69) is 10.2 Å². The molecule has 0 radical (unpaired) electrons. The average molecular weight is 376 g/mol. The van der Waals surface area contributed by atoms with Gasteiger partial charge in [-0.05, 0) is 42.6 Å². The molecule has 0 saturated heterocycles. The van der Waals surface area contributed by atoms with Crippen LogP contribution < -0.4 is 4.90 Å². The Morgan fingerprint density at radius 3 is 2.68 bits per heavy atom. The minimum absolute atomic E-state index is 0.0558. The molecule has 1 amide bonds. The second kappa shape index (κ2) is 7.79. The molecule has 2 heterocycles. The molecule has 0 unspecified atom stereocenters. The van der Waals surface area contributed by atoms with Crippen molar-refractivity contribution in [2.75, 3.05) is 17.2 Å². The number of amides is 1. The fraction of sp³-hybridized carbons (Fsp3) is 0.235. The lowest BCUT2D eigenvalue weighted by Crippen LogP contribution is -2.32. The highest BCUT2D eigenvalue weighted by Gasteiger charge is 2.17. The van der Waals surface area contributed by atoms with Gasteiger partial charge in [-0.1, -0.05) is 17.8 Å². The number of rotatable bonds is 6. The summed E-state index contributed by atoms with van der Waals surface area (Å²) in [7, 11) is 1.89. The van der Waals surface area contributed by atoms with Crippen LogP contribution in [0.15, 0.2) is 46.9 Å². The van der Waals surface area contributed by atoms with Crippen LogP contribution in [0.2, 0.25) is 0 Å². The lowest BCUT2D eigenvalue weighted by molar-refractivity contribution is -0.116. The number of halogens is 1. The Morgan fingerprint density at radius 1 is 1.28 bits per heavy atom. The first-order valence-electron chi connectivity index (χ1n) is 7.72. The van der Waals surface area contributed by atoms with Crippen LogP contribution in [-0.4, -0.2) is 33.0 Å². The number of hydrogen-bond donors (Lipinski definition) is 0. The Morgan fingerprint density at radius 2 is 2.04 bits per heavy atom. The summed E-state index contributed by atoms with van der Waals surface area (Å²) in [6.45, 7) is 2.41. The van der Waals surface area contributed by atoms with Gasteiger partial charge in [-0.25, -0.2) is 4.39 Å². The number of thiophene rings is 1. The lowest BCUT2D eigenvalue weighted by atomic mass is 10.3. The Bertz CT molecular complexity index is 846. The van der Waals surface area contributed by atoms with E-state index < -0.39 is 0 Å². The number of nitrogens with zero attached hydrogens (tertiary/aromatic N) is 4. The number of hydrogen-bond acceptors (Lipinski definition) is 5. The molecule has 0 spiro atoms. The molecule has 0 aliphatic rings. The summed E-state index contributed by atoms with van der Waals surface area (Å²) in [4.78, 5) is 15.2. The quantitative estimate of drug-likeness (QED) is 0.614. The van der Waals surface area contributed by atoms with Gasteiger partial charge in [0.2, 0.25) is 5.91 Å². The summed E-state index contributed by atoms with van der Waals surface area (Å²) in [5, 5.41) is 11.1. The van der Waals surface area contributed by atoms with Gasteiger partial charge in [0.25, 0.3) is 0 Å². The molecule has 25 heavy (non-hydrogen) atoms. The molecular formula is C17H17FN4OS2. The van der Waals surface area contributed by atoms with Crippen molar-refractivity contribution in [2.45, 2.75) is 12.1 Å². The van der Waals surface area contributed by atoms with Crippen LogP contribution >= 0.6 is 23.1 Å². The molecule has 0 saturated carbocycles. The van der Waals surface area contributed by atoms with Crippen molar-refractivity contribution < 1.29 is 9.18 Å². The highest BCUT2D eigenvalue weighted by atomic mass is 32.2. The molecule has 8 heteroatoms. The first-order chi connectivity index (χ1) is 12.1. The molecule has 0 aliphatic heterocycles. The van der Waals surface area contributed by atoms with Gasteiger partial charge in [-0.2, -0.15) is 0 Å². The van der Waals surface area contributed by atoms with Gasteiger partial charge in [0.1, 0.15) is 5.82 Å². The molecule has 5 nitrogen and oxygen atoms in total. The van der Waals surface area contributed by atoms with Crippen LogP contribution in [0.5, 0.6) is 0 Å². The van der Waals surface area contributed by atoms with Gasteiger partial charge < -0.3 is 9.47 Å². The van der Waals surface area contributed by atoms with E-state index in [0.29, 0.717) is 17.4 Å². The van der Waals surface area contributed by atoms with E-state index in [1.54, 1.807) is 28.4 Å². The predicted molar refractivity (Wildman–Crippen MR) is 99.5 cm³/mol. The summed E-state index contributed by atoms with van der Waals surface area (Å²) < 4.78 is 15.0. The second-order valence-corrected chi connectivity index (χ2v) is 7.14. The van der Waals surface area contributed by atoms with Crippen LogP contribution in [0.3, 0.4) is 0 Å². The van der Waals surface area contributed by atoms with Crippen molar-refractivity contribution in [2.24, 2.45) is 7.05 Å². The van der Waals surface area contributed by atoms with Crippen molar-refractivity contribution in [1.82, 2.24) is 14.8 Å². The SMILES string of the molecule is CCN(C(=O)CSc1nnc(-c2cccs2)n1C)c1ccc(F)cc1. The van der Waals surface area contributed by atoms with Gasteiger partial charge in [-0.3, -0.25) is 4.79 Å². The third-order valence-electron chi connectivity index (χ3n) is 3.66. The molecule has 130 valence electrons. The normalized spacial score (nSPS) is 10.8. The van der Waals surface area contributed by atoms with E-state index in [4.69, 9.17) is 0 Å². The fourth-order valence-electron chi connectivity index (χ4n) is 2.39. The summed E-state index contributed by atoms with van der Waals surface area (Å²) in [6.07, 6.45) is 0. The zero-order valence-corrected chi connectivity index (χ0v) is 15.5. The third kappa shape index (κ3) is 3.91. The minimum atomic E-state index is -0.318. The number of carbonyl (C=O) groups is 1. The van der Waals surface area contributed by atoms with Crippen molar-refractivity contribution >= 4 is 34.7 Å². The van der Waals surface area contributed by atoms with Gasteiger partial charge >= 0.3 is 0 Å². The van der Waals surface area contributed by atoms with Crippen LogP contribution in [0, 0.1) is 5.82 Å². The number of thioether (sulfide) groups is 1. The molecule has 0 fully saturated rings. The smallest absolute Gasteiger partial charge is 0.237 e. The van der Waals surface area contributed by atoms with Crippen molar-refractivity contribution in [3.63, 3.8) is 0 Å². The third-order valence-corrected chi connectivity index (χ3v) is 5.53. The monoisotopic (exact) mass is 376 g/mol. The van der Waals surface area contributed by atoms with Crippen molar-refractivity contribution in [3.05, 3.63) is 47.6 Å². The molecule has 1 aromatic carbocycles. The maximum atomic E-state index is 13.1. The van der Waals surface area contributed by atoms with E-state index >= 15 is 0 Å². The van der Waals surface area contributed by atoms with Crippen LogP contribution in [0.25, 0.3) is 10.7 Å².